The highest BCUT2D eigenvalue weighted by molar-refractivity contribution is 6.12. The van der Waals surface area contributed by atoms with E-state index in [1.54, 1.807) is 0 Å². The van der Waals surface area contributed by atoms with Crippen molar-refractivity contribution in [3.8, 4) is 39.1 Å². The van der Waals surface area contributed by atoms with Crippen LogP contribution in [0.2, 0.25) is 0 Å². The predicted molar refractivity (Wildman–Crippen MR) is 203 cm³/mol. The maximum atomic E-state index is 14.3. The summed E-state index contributed by atoms with van der Waals surface area (Å²) in [6.07, 6.45) is 0. The lowest BCUT2D eigenvalue weighted by Crippen LogP contribution is -2.15. The highest BCUT2D eigenvalue weighted by Gasteiger charge is 2.36. The molecule has 2 heterocycles. The summed E-state index contributed by atoms with van der Waals surface area (Å²) in [5.41, 5.74) is 13.5. The zero-order chi connectivity index (χ0) is 32.9. The molecule has 0 bridgehead atoms. The smallest absolute Gasteiger partial charge is 0.200 e. The molecule has 2 aromatic heterocycles. The van der Waals surface area contributed by atoms with Crippen LogP contribution < -0.4 is 5.43 Å². The molecule has 0 atom stereocenters. The van der Waals surface area contributed by atoms with Gasteiger partial charge in [-0.1, -0.05) is 123 Å². The molecule has 10 rings (SSSR count). The number of hydrogen-bond donors (Lipinski definition) is 0. The van der Waals surface area contributed by atoms with Crippen LogP contribution in [-0.2, 0) is 5.41 Å². The second-order valence-corrected chi connectivity index (χ2v) is 13.7. The molecule has 232 valence electrons. The molecular formula is C46H31NO2. The van der Waals surface area contributed by atoms with Gasteiger partial charge >= 0.3 is 0 Å². The highest BCUT2D eigenvalue weighted by Crippen LogP contribution is 2.51. The summed E-state index contributed by atoms with van der Waals surface area (Å²) in [5.74, 6) is 0. The Morgan fingerprint density at radius 2 is 1.14 bits per heavy atom. The number of fused-ring (bicyclic) bond motifs is 8. The lowest BCUT2D eigenvalue weighted by Gasteiger charge is -2.22. The molecular weight excluding hydrogens is 599 g/mol. The Hall–Kier alpha value is -6.19. The lowest BCUT2D eigenvalue weighted by atomic mass is 9.82. The third kappa shape index (κ3) is 3.99. The number of benzene rings is 7. The van der Waals surface area contributed by atoms with Gasteiger partial charge in [0, 0.05) is 27.8 Å². The average Bonchev–Trinajstić information content (AvgIpc) is 3.59. The minimum atomic E-state index is -0.142. The molecule has 0 spiro atoms. The van der Waals surface area contributed by atoms with E-state index in [9.17, 15) is 4.79 Å². The maximum absolute atomic E-state index is 14.3. The van der Waals surface area contributed by atoms with E-state index < -0.39 is 0 Å². The maximum Gasteiger partial charge on any atom is 0.200 e. The van der Waals surface area contributed by atoms with Crippen LogP contribution in [0.15, 0.2) is 161 Å². The first kappa shape index (κ1) is 27.9. The van der Waals surface area contributed by atoms with Gasteiger partial charge < -0.3 is 8.98 Å². The summed E-state index contributed by atoms with van der Waals surface area (Å²) in [6, 6.07) is 52.7. The molecule has 3 heteroatoms. The number of rotatable bonds is 3. The molecule has 9 aromatic rings. The van der Waals surface area contributed by atoms with Gasteiger partial charge in [-0.3, -0.25) is 4.79 Å². The molecule has 1 aliphatic rings. The van der Waals surface area contributed by atoms with Crippen molar-refractivity contribution in [2.45, 2.75) is 19.3 Å². The van der Waals surface area contributed by atoms with Gasteiger partial charge in [-0.15, -0.1) is 0 Å². The SMILES string of the molecule is CC1(C)c2ccccc2-c2cc3c4ccccc4n(-c4cc5oc6ccc(-c7ccccc7)cc6c(=O)c5cc4-c4ccccc4)c3cc21. The molecule has 49 heavy (non-hydrogen) atoms. The van der Waals surface area contributed by atoms with Crippen molar-refractivity contribution in [3.63, 3.8) is 0 Å². The molecule has 0 N–H and O–H groups in total. The summed E-state index contributed by atoms with van der Waals surface area (Å²) < 4.78 is 8.98. The van der Waals surface area contributed by atoms with Crippen LogP contribution in [0.5, 0.6) is 0 Å². The van der Waals surface area contributed by atoms with Crippen molar-refractivity contribution >= 4 is 43.7 Å². The third-order valence-corrected chi connectivity index (χ3v) is 10.6. The first-order valence-corrected chi connectivity index (χ1v) is 16.8. The van der Waals surface area contributed by atoms with Gasteiger partial charge in [0.1, 0.15) is 11.2 Å². The van der Waals surface area contributed by atoms with Gasteiger partial charge in [0.15, 0.2) is 0 Å². The Kier molecular flexibility index (Phi) is 5.78. The first-order chi connectivity index (χ1) is 24.0. The molecule has 0 aliphatic heterocycles. The number of aromatic nitrogens is 1. The van der Waals surface area contributed by atoms with E-state index in [1.165, 1.54) is 33.0 Å². The van der Waals surface area contributed by atoms with E-state index in [4.69, 9.17) is 4.42 Å². The van der Waals surface area contributed by atoms with Crippen LogP contribution in [0, 0.1) is 0 Å². The Morgan fingerprint density at radius 3 is 1.96 bits per heavy atom. The van der Waals surface area contributed by atoms with Crippen molar-refractivity contribution in [2.24, 2.45) is 0 Å². The van der Waals surface area contributed by atoms with Crippen molar-refractivity contribution in [2.75, 3.05) is 0 Å². The fourth-order valence-corrected chi connectivity index (χ4v) is 8.16. The zero-order valence-corrected chi connectivity index (χ0v) is 27.2. The summed E-state index contributed by atoms with van der Waals surface area (Å²) in [5, 5.41) is 3.54. The fourth-order valence-electron chi connectivity index (χ4n) is 8.16. The summed E-state index contributed by atoms with van der Waals surface area (Å²) in [7, 11) is 0. The van der Waals surface area contributed by atoms with E-state index in [0.29, 0.717) is 21.9 Å². The van der Waals surface area contributed by atoms with Gasteiger partial charge in [0.2, 0.25) is 5.43 Å². The number of para-hydroxylation sites is 1. The molecule has 0 saturated carbocycles. The van der Waals surface area contributed by atoms with Crippen LogP contribution in [0.1, 0.15) is 25.0 Å². The summed E-state index contributed by atoms with van der Waals surface area (Å²) >= 11 is 0. The molecule has 3 nitrogen and oxygen atoms in total. The largest absolute Gasteiger partial charge is 0.456 e. The van der Waals surface area contributed by atoms with E-state index in [1.807, 2.05) is 48.5 Å². The van der Waals surface area contributed by atoms with Gasteiger partial charge in [-0.2, -0.15) is 0 Å². The minimum Gasteiger partial charge on any atom is -0.456 e. The topological polar surface area (TPSA) is 35.1 Å². The van der Waals surface area contributed by atoms with Crippen LogP contribution >= 0.6 is 0 Å². The van der Waals surface area contributed by atoms with Crippen LogP contribution in [0.25, 0.3) is 82.8 Å². The Morgan fingerprint density at radius 1 is 0.469 bits per heavy atom. The molecule has 0 unspecified atom stereocenters. The van der Waals surface area contributed by atoms with Crippen LogP contribution in [-0.4, -0.2) is 4.57 Å². The van der Waals surface area contributed by atoms with Gasteiger partial charge in [0.25, 0.3) is 0 Å². The predicted octanol–water partition coefficient (Wildman–Crippen LogP) is 11.7. The molecule has 0 amide bonds. The fraction of sp³-hybridized carbons (Fsp3) is 0.0652. The van der Waals surface area contributed by atoms with E-state index in [-0.39, 0.29) is 10.8 Å². The molecule has 7 aromatic carbocycles. The Balaban J connectivity index is 1.30. The summed E-state index contributed by atoms with van der Waals surface area (Å²) in [6.45, 7) is 4.65. The number of nitrogens with zero attached hydrogens (tertiary/aromatic N) is 1. The molecule has 0 saturated heterocycles. The second-order valence-electron chi connectivity index (χ2n) is 13.7. The molecule has 0 radical (unpaired) electrons. The van der Waals surface area contributed by atoms with E-state index in [2.05, 4.69) is 122 Å². The van der Waals surface area contributed by atoms with Crippen LogP contribution in [0.3, 0.4) is 0 Å². The van der Waals surface area contributed by atoms with Gasteiger partial charge in [-0.05, 0) is 75.3 Å². The van der Waals surface area contributed by atoms with Crippen molar-refractivity contribution in [3.05, 3.63) is 173 Å². The monoisotopic (exact) mass is 629 g/mol. The number of hydrogen-bond acceptors (Lipinski definition) is 2. The first-order valence-electron chi connectivity index (χ1n) is 16.8. The third-order valence-electron chi connectivity index (χ3n) is 10.6. The average molecular weight is 630 g/mol. The summed E-state index contributed by atoms with van der Waals surface area (Å²) in [4.78, 5) is 14.3. The Labute approximate surface area is 283 Å². The van der Waals surface area contributed by atoms with Crippen LogP contribution in [0.4, 0.5) is 0 Å². The molecule has 1 aliphatic carbocycles. The van der Waals surface area contributed by atoms with Crippen molar-refractivity contribution < 1.29 is 4.42 Å². The van der Waals surface area contributed by atoms with Crippen molar-refractivity contribution in [1.29, 1.82) is 0 Å². The second kappa shape index (κ2) is 10.2. The van der Waals surface area contributed by atoms with Crippen molar-refractivity contribution in [1.82, 2.24) is 4.57 Å². The Bertz CT molecular complexity index is 2860. The highest BCUT2D eigenvalue weighted by atomic mass is 16.3. The molecule has 0 fully saturated rings. The van der Waals surface area contributed by atoms with Gasteiger partial charge in [-0.25, -0.2) is 0 Å². The van der Waals surface area contributed by atoms with Gasteiger partial charge in [0.05, 0.1) is 27.5 Å². The lowest BCUT2D eigenvalue weighted by molar-refractivity contribution is 0.659. The minimum absolute atomic E-state index is 0.0303. The standard InChI is InChI=1S/C46H31NO2/c1-46(2)38-19-11-9-17-31(38)34-25-35-32-18-10-12-20-40(32)47(41(35)26-39(34)46)42-27-44-37(24-33(42)29-15-7-4-8-16-29)45(48)36-23-30(21-22-43(36)49-44)28-13-5-3-6-14-28/h3-27H,1-2H3. The van der Waals surface area contributed by atoms with E-state index >= 15 is 0 Å². The quantitative estimate of drug-likeness (QED) is 0.182. The van der Waals surface area contributed by atoms with E-state index in [0.717, 1.165) is 39.0 Å². The zero-order valence-electron chi connectivity index (χ0n) is 27.2. The normalized spacial score (nSPS) is 13.3.